The maximum Gasteiger partial charge on any atom is 0.186 e. The Morgan fingerprint density at radius 2 is 1.63 bits per heavy atom. The topological polar surface area (TPSA) is 149 Å². The molecule has 2 aliphatic rings. The monoisotopic (exact) mass is 426 g/mol. The molecule has 9 atom stereocenters. The lowest BCUT2D eigenvalue weighted by atomic mass is 9.81. The highest BCUT2D eigenvalue weighted by molar-refractivity contribution is 5.48. The minimum atomic E-state index is -1.42. The molecule has 9 heteroatoms. The van der Waals surface area contributed by atoms with Gasteiger partial charge in [-0.3, -0.25) is 0 Å². The summed E-state index contributed by atoms with van der Waals surface area (Å²) in [4.78, 5) is 0. The fourth-order valence-electron chi connectivity index (χ4n) is 3.76. The predicted molar refractivity (Wildman–Crippen MR) is 105 cm³/mol. The Bertz CT molecular complexity index is 670. The molecule has 30 heavy (non-hydrogen) atoms. The Morgan fingerprint density at radius 1 is 0.900 bits per heavy atom. The normalized spacial score (nSPS) is 39.6. The summed E-state index contributed by atoms with van der Waals surface area (Å²) in [5.74, 6) is -0.590. The van der Waals surface area contributed by atoms with E-state index in [2.05, 4.69) is 0 Å². The summed E-state index contributed by atoms with van der Waals surface area (Å²) in [6.45, 7) is -0.361. The third-order valence-electron chi connectivity index (χ3n) is 5.59. The van der Waals surface area contributed by atoms with Crippen LogP contribution >= 0.6 is 0 Å². The lowest BCUT2D eigenvalue weighted by Gasteiger charge is -2.40. The second-order valence-electron chi connectivity index (χ2n) is 7.69. The van der Waals surface area contributed by atoms with Crippen molar-refractivity contribution in [2.75, 3.05) is 19.8 Å². The summed E-state index contributed by atoms with van der Waals surface area (Å²) >= 11 is 0. The van der Waals surface area contributed by atoms with Crippen LogP contribution in [-0.2, 0) is 14.2 Å². The number of aliphatic hydroxyl groups excluding tert-OH is 6. The predicted octanol–water partition coefficient (Wildman–Crippen LogP) is -1.36. The maximum atomic E-state index is 10.3. The molecular weight excluding hydrogens is 396 g/mol. The maximum absolute atomic E-state index is 10.3. The first-order valence-corrected chi connectivity index (χ1v) is 10.0. The van der Waals surface area contributed by atoms with Crippen molar-refractivity contribution in [2.45, 2.75) is 55.4 Å². The standard InChI is InChI=1S/C21H30O9/c22-10-15-18(25)20(27)21(30-15)29-11-13-9-14(17(24)19(26)16(13)23)28-8-4-7-12-5-2-1-3-6-12/h1-7,13-27H,8-11H2/b7-4+/t13-,14-,15+,16-,17+,18+,19?,20-,21-/m1/s1. The molecular formula is C21H30O9. The first-order valence-electron chi connectivity index (χ1n) is 10.0. The molecule has 6 N–H and O–H groups in total. The number of benzene rings is 1. The van der Waals surface area contributed by atoms with Gasteiger partial charge >= 0.3 is 0 Å². The van der Waals surface area contributed by atoms with Gasteiger partial charge in [0.15, 0.2) is 6.29 Å². The Balaban J connectivity index is 1.52. The Kier molecular flexibility index (Phi) is 8.35. The molecule has 1 aliphatic heterocycles. The third kappa shape index (κ3) is 5.44. The number of aliphatic hydroxyl groups is 6. The summed E-state index contributed by atoms with van der Waals surface area (Å²) in [7, 11) is 0. The van der Waals surface area contributed by atoms with Crippen molar-refractivity contribution in [1.29, 1.82) is 0 Å². The molecule has 0 spiro atoms. The van der Waals surface area contributed by atoms with E-state index in [9.17, 15) is 25.5 Å². The van der Waals surface area contributed by atoms with E-state index in [1.54, 1.807) is 6.08 Å². The van der Waals surface area contributed by atoms with Crippen molar-refractivity contribution in [3.63, 3.8) is 0 Å². The largest absolute Gasteiger partial charge is 0.394 e. The van der Waals surface area contributed by atoms with E-state index in [-0.39, 0.29) is 19.6 Å². The molecule has 1 saturated heterocycles. The highest BCUT2D eigenvalue weighted by atomic mass is 16.7. The average molecular weight is 426 g/mol. The zero-order valence-corrected chi connectivity index (χ0v) is 16.5. The molecule has 0 radical (unpaired) electrons. The molecule has 9 nitrogen and oxygen atoms in total. The second kappa shape index (κ2) is 10.8. The van der Waals surface area contributed by atoms with Crippen LogP contribution in [0.15, 0.2) is 36.4 Å². The van der Waals surface area contributed by atoms with Crippen LogP contribution in [0.3, 0.4) is 0 Å². The van der Waals surface area contributed by atoms with Crippen LogP contribution in [0.1, 0.15) is 12.0 Å². The fraction of sp³-hybridized carbons (Fsp3) is 0.619. The minimum absolute atomic E-state index is 0.0999. The molecule has 0 bridgehead atoms. The van der Waals surface area contributed by atoms with Gasteiger partial charge in [0.25, 0.3) is 0 Å². The molecule has 3 rings (SSSR count). The summed E-state index contributed by atoms with van der Waals surface area (Å²) in [6, 6.07) is 9.64. The van der Waals surface area contributed by atoms with Crippen molar-refractivity contribution < 1.29 is 44.8 Å². The zero-order valence-electron chi connectivity index (χ0n) is 16.5. The van der Waals surface area contributed by atoms with Gasteiger partial charge in [-0.05, 0) is 12.0 Å². The van der Waals surface area contributed by atoms with Crippen molar-refractivity contribution >= 4 is 6.08 Å². The van der Waals surface area contributed by atoms with E-state index >= 15 is 0 Å². The number of ether oxygens (including phenoxy) is 3. The van der Waals surface area contributed by atoms with Gasteiger partial charge in [-0.25, -0.2) is 0 Å². The van der Waals surface area contributed by atoms with Crippen LogP contribution in [0.2, 0.25) is 0 Å². The van der Waals surface area contributed by atoms with Crippen LogP contribution in [-0.4, -0.2) is 99.5 Å². The van der Waals surface area contributed by atoms with Crippen molar-refractivity contribution in [3.8, 4) is 0 Å². The van der Waals surface area contributed by atoms with Crippen molar-refractivity contribution in [1.82, 2.24) is 0 Å². The van der Waals surface area contributed by atoms with Crippen LogP contribution in [0, 0.1) is 5.92 Å². The zero-order chi connectivity index (χ0) is 21.7. The van der Waals surface area contributed by atoms with E-state index in [1.165, 1.54) is 0 Å². The highest BCUT2D eigenvalue weighted by Crippen LogP contribution is 2.30. The van der Waals surface area contributed by atoms with Crippen molar-refractivity contribution in [3.05, 3.63) is 42.0 Å². The first-order chi connectivity index (χ1) is 14.4. The van der Waals surface area contributed by atoms with Crippen molar-refractivity contribution in [2.24, 2.45) is 5.92 Å². The van der Waals surface area contributed by atoms with Gasteiger partial charge in [-0.1, -0.05) is 42.5 Å². The van der Waals surface area contributed by atoms with Gasteiger partial charge in [0.2, 0.25) is 0 Å². The lowest BCUT2D eigenvalue weighted by molar-refractivity contribution is -0.209. The van der Waals surface area contributed by atoms with Gasteiger partial charge in [0.05, 0.1) is 32.0 Å². The minimum Gasteiger partial charge on any atom is -0.394 e. The van der Waals surface area contributed by atoms with E-state index in [4.69, 9.17) is 19.3 Å². The highest BCUT2D eigenvalue weighted by Gasteiger charge is 2.46. The molecule has 1 aromatic carbocycles. The van der Waals surface area contributed by atoms with E-state index < -0.39 is 61.5 Å². The first kappa shape index (κ1) is 23.3. The summed E-state index contributed by atoms with van der Waals surface area (Å²) in [6.07, 6.45) is -5.50. The molecule has 1 aromatic rings. The molecule has 1 aliphatic carbocycles. The lowest BCUT2D eigenvalue weighted by Crippen LogP contribution is -2.55. The van der Waals surface area contributed by atoms with Gasteiger partial charge in [-0.2, -0.15) is 0 Å². The van der Waals surface area contributed by atoms with E-state index in [0.717, 1.165) is 5.56 Å². The number of hydrogen-bond acceptors (Lipinski definition) is 9. The van der Waals surface area contributed by atoms with Gasteiger partial charge < -0.3 is 44.8 Å². The quantitative estimate of drug-likeness (QED) is 0.296. The molecule has 1 heterocycles. The molecule has 1 saturated carbocycles. The summed E-state index contributed by atoms with van der Waals surface area (Å²) in [5, 5.41) is 59.6. The summed E-state index contributed by atoms with van der Waals surface area (Å²) in [5.41, 5.74) is 1.01. The second-order valence-corrected chi connectivity index (χ2v) is 7.69. The molecule has 0 aromatic heterocycles. The third-order valence-corrected chi connectivity index (χ3v) is 5.59. The smallest absolute Gasteiger partial charge is 0.186 e. The van der Waals surface area contributed by atoms with Crippen LogP contribution in [0.4, 0.5) is 0 Å². The van der Waals surface area contributed by atoms with E-state index in [1.807, 2.05) is 36.4 Å². The van der Waals surface area contributed by atoms with E-state index in [0.29, 0.717) is 0 Å². The Morgan fingerprint density at radius 3 is 2.30 bits per heavy atom. The van der Waals surface area contributed by atoms with Gasteiger partial charge in [-0.15, -0.1) is 0 Å². The Labute approximate surface area is 174 Å². The molecule has 1 unspecified atom stereocenters. The molecule has 168 valence electrons. The van der Waals surface area contributed by atoms with Gasteiger partial charge in [0.1, 0.15) is 30.5 Å². The molecule has 2 fully saturated rings. The van der Waals surface area contributed by atoms with Gasteiger partial charge in [0, 0.05) is 5.92 Å². The summed E-state index contributed by atoms with van der Waals surface area (Å²) < 4.78 is 16.4. The Hall–Kier alpha value is -1.40. The van der Waals surface area contributed by atoms with Crippen LogP contribution in [0.25, 0.3) is 6.08 Å². The van der Waals surface area contributed by atoms with Crippen LogP contribution in [0.5, 0.6) is 0 Å². The SMILES string of the molecule is OC[C@@H]1O[C@@H](OC[C@H]2C[C@@H](OC/C=C/c3ccccc3)[C@H](O)C(O)[C@@H]2O)[C@H](O)[C@H]1O. The van der Waals surface area contributed by atoms with Crippen LogP contribution < -0.4 is 0 Å². The number of hydrogen-bond donors (Lipinski definition) is 6. The number of rotatable bonds is 8. The average Bonchev–Trinajstić information content (AvgIpc) is 3.04. The molecule has 0 amide bonds. The fourth-order valence-corrected chi connectivity index (χ4v) is 3.76.